The highest BCUT2D eigenvalue weighted by Gasteiger charge is 2.29. The van der Waals surface area contributed by atoms with E-state index in [1.165, 1.54) is 10.9 Å². The number of benzene rings is 2. The summed E-state index contributed by atoms with van der Waals surface area (Å²) in [4.78, 5) is 7.02. The van der Waals surface area contributed by atoms with Gasteiger partial charge in [0.1, 0.15) is 24.3 Å². The van der Waals surface area contributed by atoms with E-state index in [1.807, 2.05) is 31.2 Å². The van der Waals surface area contributed by atoms with Crippen molar-refractivity contribution in [3.05, 3.63) is 64.9 Å². The van der Waals surface area contributed by atoms with Crippen LogP contribution in [-0.4, -0.2) is 46.8 Å². The molecule has 4 nitrogen and oxygen atoms in total. The summed E-state index contributed by atoms with van der Waals surface area (Å²) in [5.41, 5.74) is 2.14. The molecule has 3 atom stereocenters. The van der Waals surface area contributed by atoms with Gasteiger partial charge in [0.25, 0.3) is 0 Å². The van der Waals surface area contributed by atoms with Crippen LogP contribution in [0.1, 0.15) is 36.3 Å². The highest BCUT2D eigenvalue weighted by atomic mass is 32.1. The number of nitrogens with one attached hydrogen (secondary N) is 1. The lowest BCUT2D eigenvalue weighted by Crippen LogP contribution is -2.45. The summed E-state index contributed by atoms with van der Waals surface area (Å²) in [5, 5.41) is 12.7. The van der Waals surface area contributed by atoms with Gasteiger partial charge in [-0.2, -0.15) is 0 Å². The molecule has 0 saturated carbocycles. The molecule has 168 valence electrons. The van der Waals surface area contributed by atoms with Gasteiger partial charge in [-0.05, 0) is 87.0 Å². The number of aromatic amines is 1. The van der Waals surface area contributed by atoms with Gasteiger partial charge in [0.15, 0.2) is 0 Å². The smallest absolute Gasteiger partial charge is 0.128 e. The summed E-state index contributed by atoms with van der Waals surface area (Å²) in [6.45, 7) is 6.08. The Balaban J connectivity index is 1.17. The van der Waals surface area contributed by atoms with E-state index in [0.29, 0.717) is 18.5 Å². The second-order valence-electron chi connectivity index (χ2n) is 9.03. The Labute approximate surface area is 191 Å². The lowest BCUT2D eigenvalue weighted by molar-refractivity contribution is 0.0408. The topological polar surface area (TPSA) is 48.5 Å². The van der Waals surface area contributed by atoms with Crippen LogP contribution >= 0.6 is 11.3 Å². The Bertz CT molecular complexity index is 1230. The molecule has 0 spiro atoms. The second-order valence-corrected chi connectivity index (χ2v) is 10.1. The number of fused-ring (bicyclic) bond motifs is 2. The van der Waals surface area contributed by atoms with Crippen LogP contribution in [0.3, 0.4) is 0 Å². The van der Waals surface area contributed by atoms with E-state index in [9.17, 15) is 9.50 Å². The van der Waals surface area contributed by atoms with Crippen molar-refractivity contribution in [1.29, 1.82) is 0 Å². The molecule has 32 heavy (non-hydrogen) atoms. The van der Waals surface area contributed by atoms with Crippen LogP contribution in [0.25, 0.3) is 21.0 Å². The largest absolute Gasteiger partial charge is 0.490 e. The average molecular weight is 453 g/mol. The number of likely N-dealkylation sites (tertiary alicyclic amines) is 1. The van der Waals surface area contributed by atoms with Crippen LogP contribution in [0.4, 0.5) is 4.39 Å². The fraction of sp³-hybridized carbons (Fsp3) is 0.385. The number of hydrogen-bond donors (Lipinski definition) is 2. The van der Waals surface area contributed by atoms with Crippen molar-refractivity contribution in [1.82, 2.24) is 9.88 Å². The molecule has 1 fully saturated rings. The van der Waals surface area contributed by atoms with Crippen LogP contribution in [0.15, 0.2) is 48.5 Å². The number of halogens is 1. The standard InChI is InChI=1S/C26H29FN2O2S/c1-16-10-22-23(28-16)4-3-5-24(22)31-15-21(30)14-29-9-8-18(11-17(29)2)26-13-19-12-20(27)6-7-25(19)32-26/h3-7,10,12-13,17-18,21,28,30H,8-9,11,14-15H2,1-2H3/t17-,18+,21+/m1/s1. The SMILES string of the molecule is Cc1cc2c(OC[C@@H](O)CN3CC[C@H](c4cc5cc(F)ccc5s4)C[C@H]3C)cccc2[nH]1. The van der Waals surface area contributed by atoms with Gasteiger partial charge in [-0.3, -0.25) is 4.90 Å². The molecule has 0 unspecified atom stereocenters. The molecule has 0 aliphatic carbocycles. The normalized spacial score (nSPS) is 20.8. The summed E-state index contributed by atoms with van der Waals surface area (Å²) in [6.07, 6.45) is 1.55. The zero-order valence-electron chi connectivity index (χ0n) is 18.5. The van der Waals surface area contributed by atoms with Gasteiger partial charge in [-0.15, -0.1) is 11.3 Å². The second kappa shape index (κ2) is 8.85. The van der Waals surface area contributed by atoms with Crippen LogP contribution in [0, 0.1) is 12.7 Å². The number of aryl methyl sites for hydroxylation is 1. The van der Waals surface area contributed by atoms with E-state index in [-0.39, 0.29) is 12.4 Å². The third-order valence-corrected chi connectivity index (χ3v) is 7.83. The maximum Gasteiger partial charge on any atom is 0.128 e. The monoisotopic (exact) mass is 452 g/mol. The predicted octanol–water partition coefficient (Wildman–Crippen LogP) is 5.84. The Morgan fingerprint density at radius 1 is 1.25 bits per heavy atom. The van der Waals surface area contributed by atoms with Gasteiger partial charge in [0.2, 0.25) is 0 Å². The fourth-order valence-corrected chi connectivity index (χ4v) is 6.08. The number of nitrogens with zero attached hydrogens (tertiary/aromatic N) is 1. The first-order valence-electron chi connectivity index (χ1n) is 11.3. The molecule has 2 N–H and O–H groups in total. The van der Waals surface area contributed by atoms with Gasteiger partial charge in [-0.25, -0.2) is 4.39 Å². The summed E-state index contributed by atoms with van der Waals surface area (Å²) in [6, 6.07) is 15.6. The summed E-state index contributed by atoms with van der Waals surface area (Å²) in [7, 11) is 0. The van der Waals surface area contributed by atoms with E-state index in [0.717, 1.165) is 51.8 Å². The van der Waals surface area contributed by atoms with Gasteiger partial charge in [0, 0.05) is 38.8 Å². The minimum absolute atomic E-state index is 0.177. The first-order valence-corrected chi connectivity index (χ1v) is 12.1. The minimum Gasteiger partial charge on any atom is -0.490 e. The van der Waals surface area contributed by atoms with Gasteiger partial charge >= 0.3 is 0 Å². The number of aliphatic hydroxyl groups is 1. The fourth-order valence-electron chi connectivity index (χ4n) is 4.89. The predicted molar refractivity (Wildman–Crippen MR) is 129 cm³/mol. The van der Waals surface area contributed by atoms with E-state index in [2.05, 4.69) is 28.9 Å². The maximum absolute atomic E-state index is 13.5. The first kappa shape index (κ1) is 21.4. The highest BCUT2D eigenvalue weighted by Crippen LogP contribution is 2.38. The minimum atomic E-state index is -0.545. The number of aliphatic hydroxyl groups excluding tert-OH is 1. The van der Waals surface area contributed by atoms with Gasteiger partial charge < -0.3 is 14.8 Å². The van der Waals surface area contributed by atoms with Crippen LogP contribution in [0.5, 0.6) is 5.75 Å². The molecule has 1 saturated heterocycles. The van der Waals surface area contributed by atoms with Crippen LogP contribution in [-0.2, 0) is 0 Å². The van der Waals surface area contributed by atoms with Crippen molar-refractivity contribution >= 4 is 32.3 Å². The number of rotatable bonds is 6. The molecule has 2 aromatic carbocycles. The molecule has 6 heteroatoms. The number of β-amino-alcohol motifs (C(OH)–C–C–N with tert-alkyl or cyclic N) is 1. The molecular formula is C26H29FN2O2S. The molecule has 5 rings (SSSR count). The number of piperidine rings is 1. The zero-order valence-corrected chi connectivity index (χ0v) is 19.3. The van der Waals surface area contributed by atoms with Crippen molar-refractivity contribution in [3.8, 4) is 5.75 Å². The van der Waals surface area contributed by atoms with E-state index in [4.69, 9.17) is 4.74 Å². The number of aromatic nitrogens is 1. The van der Waals surface area contributed by atoms with Gasteiger partial charge in [0.05, 0.1) is 0 Å². The molecule has 1 aliphatic rings. The first-order chi connectivity index (χ1) is 15.5. The van der Waals surface area contributed by atoms with E-state index in [1.54, 1.807) is 17.4 Å². The van der Waals surface area contributed by atoms with E-state index < -0.39 is 6.10 Å². The Kier molecular flexibility index (Phi) is 5.93. The van der Waals surface area contributed by atoms with Crippen molar-refractivity contribution in [3.63, 3.8) is 0 Å². The third kappa shape index (κ3) is 4.40. The van der Waals surface area contributed by atoms with Crippen molar-refractivity contribution < 1.29 is 14.2 Å². The summed E-state index contributed by atoms with van der Waals surface area (Å²) >= 11 is 1.78. The molecule has 0 amide bonds. The summed E-state index contributed by atoms with van der Waals surface area (Å²) in [5.74, 6) is 1.12. The molecule has 1 aliphatic heterocycles. The van der Waals surface area contributed by atoms with Crippen LogP contribution in [0.2, 0.25) is 0 Å². The zero-order chi connectivity index (χ0) is 22.2. The maximum atomic E-state index is 13.5. The molecule has 0 bridgehead atoms. The van der Waals surface area contributed by atoms with Crippen molar-refractivity contribution in [2.24, 2.45) is 0 Å². The molecule has 0 radical (unpaired) electrons. The molecule has 4 aromatic rings. The quantitative estimate of drug-likeness (QED) is 0.386. The number of ether oxygens (including phenoxy) is 1. The van der Waals surface area contributed by atoms with Crippen molar-refractivity contribution in [2.75, 3.05) is 19.7 Å². The lowest BCUT2D eigenvalue weighted by atomic mass is 9.90. The number of thiophene rings is 1. The Morgan fingerprint density at radius 2 is 2.12 bits per heavy atom. The van der Waals surface area contributed by atoms with Crippen molar-refractivity contribution in [2.45, 2.75) is 44.8 Å². The molecular weight excluding hydrogens is 423 g/mol. The Morgan fingerprint density at radius 3 is 2.97 bits per heavy atom. The number of hydrogen-bond acceptors (Lipinski definition) is 4. The van der Waals surface area contributed by atoms with E-state index >= 15 is 0 Å². The highest BCUT2D eigenvalue weighted by molar-refractivity contribution is 7.19. The van der Waals surface area contributed by atoms with Gasteiger partial charge in [-0.1, -0.05) is 6.07 Å². The number of H-pyrrole nitrogens is 1. The molecule has 3 heterocycles. The summed E-state index contributed by atoms with van der Waals surface area (Å²) < 4.78 is 20.7. The Hall–Kier alpha value is -2.41. The lowest BCUT2D eigenvalue weighted by Gasteiger charge is -2.38. The third-order valence-electron chi connectivity index (χ3n) is 6.55. The van der Waals surface area contributed by atoms with Crippen LogP contribution < -0.4 is 4.74 Å². The molecule has 2 aromatic heterocycles. The average Bonchev–Trinajstić information content (AvgIpc) is 3.36.